The lowest BCUT2D eigenvalue weighted by atomic mass is 10.1. The van der Waals surface area contributed by atoms with E-state index in [1.165, 1.54) is 29.7 Å². The van der Waals surface area contributed by atoms with E-state index < -0.39 is 0 Å². The van der Waals surface area contributed by atoms with E-state index in [1.807, 2.05) is 54.2 Å². The Kier molecular flexibility index (Phi) is 4.89. The normalized spacial score (nSPS) is 13.8. The highest BCUT2D eigenvalue weighted by Gasteiger charge is 2.26. The minimum absolute atomic E-state index is 0.137. The molecule has 0 aliphatic heterocycles. The van der Waals surface area contributed by atoms with Crippen LogP contribution in [0.15, 0.2) is 60.8 Å². The van der Waals surface area contributed by atoms with Crippen LogP contribution in [-0.4, -0.2) is 33.4 Å². The molecule has 0 bridgehead atoms. The standard InChI is InChI=1S/C24H24N4OS/c1-27-13-12-19(22(27)17-6-4-3-5-7-17)23(29)26-24-25-20-11-8-16(14-21(20)30-24)15-28(2)18-9-10-18/h3-8,11-14,18H,9-10,15H2,1-2H3,(H,25,26,29). The van der Waals surface area contributed by atoms with Gasteiger partial charge in [0.15, 0.2) is 5.13 Å². The van der Waals surface area contributed by atoms with Gasteiger partial charge in [0.2, 0.25) is 0 Å². The molecular weight excluding hydrogens is 392 g/mol. The number of carbonyl (C=O) groups excluding carboxylic acids is 1. The fourth-order valence-electron chi connectivity index (χ4n) is 3.89. The third-order valence-corrected chi connectivity index (χ3v) is 6.57. The molecule has 0 saturated heterocycles. The third-order valence-electron chi connectivity index (χ3n) is 5.64. The van der Waals surface area contributed by atoms with Crippen molar-refractivity contribution in [2.45, 2.75) is 25.4 Å². The third kappa shape index (κ3) is 3.76. The van der Waals surface area contributed by atoms with Crippen molar-refractivity contribution in [2.75, 3.05) is 12.4 Å². The maximum Gasteiger partial charge on any atom is 0.259 e. The van der Waals surface area contributed by atoms with Crippen LogP contribution >= 0.6 is 11.3 Å². The number of rotatable bonds is 6. The molecule has 6 heteroatoms. The summed E-state index contributed by atoms with van der Waals surface area (Å²) in [5.74, 6) is -0.137. The molecule has 4 aromatic rings. The second-order valence-electron chi connectivity index (χ2n) is 7.98. The Balaban J connectivity index is 1.37. The van der Waals surface area contributed by atoms with E-state index in [4.69, 9.17) is 0 Å². The van der Waals surface area contributed by atoms with Gasteiger partial charge in [0.1, 0.15) is 0 Å². The fraction of sp³-hybridized carbons (Fsp3) is 0.250. The second kappa shape index (κ2) is 7.70. The van der Waals surface area contributed by atoms with E-state index in [-0.39, 0.29) is 5.91 Å². The summed E-state index contributed by atoms with van der Waals surface area (Å²) in [6.45, 7) is 0.949. The molecule has 1 saturated carbocycles. The number of amides is 1. The number of fused-ring (bicyclic) bond motifs is 1. The van der Waals surface area contributed by atoms with Gasteiger partial charge in [-0.3, -0.25) is 15.0 Å². The van der Waals surface area contributed by atoms with Crippen LogP contribution in [0.5, 0.6) is 0 Å². The van der Waals surface area contributed by atoms with Crippen molar-refractivity contribution in [3.63, 3.8) is 0 Å². The average molecular weight is 417 g/mol. The van der Waals surface area contributed by atoms with Crippen molar-refractivity contribution >= 4 is 32.6 Å². The Morgan fingerprint density at radius 1 is 1.20 bits per heavy atom. The van der Waals surface area contributed by atoms with Gasteiger partial charge in [-0.05, 0) is 49.2 Å². The first-order valence-electron chi connectivity index (χ1n) is 10.2. The summed E-state index contributed by atoms with van der Waals surface area (Å²) in [4.78, 5) is 20.1. The van der Waals surface area contributed by atoms with E-state index >= 15 is 0 Å². The Bertz CT molecular complexity index is 1210. The Labute approximate surface area is 180 Å². The predicted octanol–water partition coefficient (Wildman–Crippen LogP) is 5.15. The first-order chi connectivity index (χ1) is 14.6. The summed E-state index contributed by atoms with van der Waals surface area (Å²) in [5, 5.41) is 3.63. The topological polar surface area (TPSA) is 50.2 Å². The molecule has 2 aromatic carbocycles. The predicted molar refractivity (Wildman–Crippen MR) is 123 cm³/mol. The molecule has 0 spiro atoms. The summed E-state index contributed by atoms with van der Waals surface area (Å²) in [5.41, 5.74) is 4.77. The zero-order chi connectivity index (χ0) is 20.7. The highest BCUT2D eigenvalue weighted by Crippen LogP contribution is 2.31. The van der Waals surface area contributed by atoms with Gasteiger partial charge in [0, 0.05) is 25.8 Å². The SMILES string of the molecule is CN(Cc1ccc2nc(NC(=O)c3ccn(C)c3-c3ccccc3)sc2c1)C1CC1. The van der Waals surface area contributed by atoms with Crippen LogP contribution in [-0.2, 0) is 13.6 Å². The van der Waals surface area contributed by atoms with Crippen molar-refractivity contribution in [2.24, 2.45) is 7.05 Å². The van der Waals surface area contributed by atoms with Crippen molar-refractivity contribution in [1.82, 2.24) is 14.5 Å². The number of nitrogens with one attached hydrogen (secondary N) is 1. The molecule has 5 rings (SSSR count). The van der Waals surface area contributed by atoms with E-state index in [0.29, 0.717) is 10.7 Å². The molecule has 1 N–H and O–H groups in total. The average Bonchev–Trinajstić information content (AvgIpc) is 3.42. The van der Waals surface area contributed by atoms with E-state index in [9.17, 15) is 4.79 Å². The van der Waals surface area contributed by atoms with Gasteiger partial charge in [-0.2, -0.15) is 0 Å². The van der Waals surface area contributed by atoms with Crippen LogP contribution in [0, 0.1) is 0 Å². The Morgan fingerprint density at radius 2 is 2.00 bits per heavy atom. The first-order valence-corrected chi connectivity index (χ1v) is 11.0. The van der Waals surface area contributed by atoms with Crippen molar-refractivity contribution in [1.29, 1.82) is 0 Å². The highest BCUT2D eigenvalue weighted by atomic mass is 32.1. The van der Waals surface area contributed by atoms with Crippen LogP contribution in [0.25, 0.3) is 21.5 Å². The zero-order valence-corrected chi connectivity index (χ0v) is 17.9. The van der Waals surface area contributed by atoms with Crippen LogP contribution in [0.1, 0.15) is 28.8 Å². The van der Waals surface area contributed by atoms with Crippen molar-refractivity contribution in [3.05, 3.63) is 71.9 Å². The van der Waals surface area contributed by atoms with Gasteiger partial charge in [0.05, 0.1) is 21.5 Å². The highest BCUT2D eigenvalue weighted by molar-refractivity contribution is 7.22. The summed E-state index contributed by atoms with van der Waals surface area (Å²) >= 11 is 1.53. The smallest absolute Gasteiger partial charge is 0.259 e. The number of aromatic nitrogens is 2. The largest absolute Gasteiger partial charge is 0.350 e. The van der Waals surface area contributed by atoms with Gasteiger partial charge in [0.25, 0.3) is 5.91 Å². The van der Waals surface area contributed by atoms with E-state index in [0.717, 1.165) is 34.1 Å². The Hall–Kier alpha value is -2.96. The maximum absolute atomic E-state index is 13.0. The summed E-state index contributed by atoms with van der Waals surface area (Å²) < 4.78 is 3.08. The van der Waals surface area contributed by atoms with Crippen LogP contribution in [0.2, 0.25) is 0 Å². The van der Waals surface area contributed by atoms with Gasteiger partial charge in [-0.25, -0.2) is 4.98 Å². The molecule has 30 heavy (non-hydrogen) atoms. The molecule has 0 atom stereocenters. The lowest BCUT2D eigenvalue weighted by molar-refractivity contribution is 0.102. The summed E-state index contributed by atoms with van der Waals surface area (Å²) in [7, 11) is 4.14. The van der Waals surface area contributed by atoms with E-state index in [1.54, 1.807) is 0 Å². The van der Waals surface area contributed by atoms with Crippen molar-refractivity contribution < 1.29 is 4.79 Å². The van der Waals surface area contributed by atoms with Crippen LogP contribution in [0.3, 0.4) is 0 Å². The maximum atomic E-state index is 13.0. The number of hydrogen-bond donors (Lipinski definition) is 1. The molecule has 1 aliphatic rings. The van der Waals surface area contributed by atoms with Crippen LogP contribution < -0.4 is 5.32 Å². The quantitative estimate of drug-likeness (QED) is 0.473. The minimum Gasteiger partial charge on any atom is -0.350 e. The monoisotopic (exact) mass is 416 g/mol. The first kappa shape index (κ1) is 19.0. The zero-order valence-electron chi connectivity index (χ0n) is 17.1. The lowest BCUT2D eigenvalue weighted by Crippen LogP contribution is -2.19. The van der Waals surface area contributed by atoms with Gasteiger partial charge >= 0.3 is 0 Å². The Morgan fingerprint density at radius 3 is 2.77 bits per heavy atom. The van der Waals surface area contributed by atoms with Gasteiger partial charge < -0.3 is 4.57 Å². The number of nitrogens with zero attached hydrogens (tertiary/aromatic N) is 3. The number of benzene rings is 2. The van der Waals surface area contributed by atoms with Gasteiger partial charge in [-0.15, -0.1) is 0 Å². The molecular formula is C24H24N4OS. The number of thiazole rings is 1. The number of aryl methyl sites for hydroxylation is 1. The number of hydrogen-bond acceptors (Lipinski definition) is 4. The number of carbonyl (C=O) groups is 1. The minimum atomic E-state index is -0.137. The molecule has 0 unspecified atom stereocenters. The second-order valence-corrected chi connectivity index (χ2v) is 9.01. The molecule has 152 valence electrons. The van der Waals surface area contributed by atoms with Crippen molar-refractivity contribution in [3.8, 4) is 11.3 Å². The van der Waals surface area contributed by atoms with E-state index in [2.05, 4.69) is 40.4 Å². The lowest BCUT2D eigenvalue weighted by Gasteiger charge is -2.15. The van der Waals surface area contributed by atoms with Gasteiger partial charge in [-0.1, -0.05) is 47.7 Å². The van der Waals surface area contributed by atoms with Crippen LogP contribution in [0.4, 0.5) is 5.13 Å². The summed E-state index contributed by atoms with van der Waals surface area (Å²) in [6, 6.07) is 19.0. The molecule has 2 heterocycles. The molecule has 1 aliphatic carbocycles. The number of anilines is 1. The molecule has 5 nitrogen and oxygen atoms in total. The molecule has 0 radical (unpaired) electrons. The summed E-state index contributed by atoms with van der Waals surface area (Å²) in [6.07, 6.45) is 4.53. The molecule has 2 aromatic heterocycles. The fourth-order valence-corrected chi connectivity index (χ4v) is 4.81. The molecule has 1 amide bonds. The molecule has 1 fully saturated rings.